The Balaban J connectivity index is 2.02. The van der Waals surface area contributed by atoms with Crippen molar-refractivity contribution < 1.29 is 17.9 Å². The molecule has 1 aromatic heterocycles. The third kappa shape index (κ3) is 4.17. The van der Waals surface area contributed by atoms with E-state index in [1.54, 1.807) is 7.11 Å². The van der Waals surface area contributed by atoms with Crippen LogP contribution < -0.4 is 0 Å². The van der Waals surface area contributed by atoms with Gasteiger partial charge < -0.3 is 9.64 Å². The van der Waals surface area contributed by atoms with E-state index in [9.17, 15) is 13.2 Å². The number of methoxy groups -OCH3 is 1. The molecule has 1 aliphatic heterocycles. The fourth-order valence-corrected chi connectivity index (χ4v) is 2.57. The van der Waals surface area contributed by atoms with E-state index in [4.69, 9.17) is 4.74 Å². The normalized spacial score (nSPS) is 21.3. The Bertz CT molecular complexity index is 421. The molecule has 2 rings (SSSR count). The lowest BCUT2D eigenvalue weighted by Gasteiger charge is -2.32. The standard InChI is InChI=1S/C12H19F3N4O/c1-20-6-5-18-4-2-3-10(7-18)11-16-9-17-19(11)8-12(13,14)15/h9-10H,2-8H2,1H3/t10-/m1/s1. The first-order chi connectivity index (χ1) is 9.49. The van der Waals surface area contributed by atoms with Crippen LogP contribution in [0.3, 0.4) is 0 Å². The summed E-state index contributed by atoms with van der Waals surface area (Å²) in [6, 6.07) is 0. The lowest BCUT2D eigenvalue weighted by atomic mass is 9.97. The molecule has 0 unspecified atom stereocenters. The summed E-state index contributed by atoms with van der Waals surface area (Å²) in [7, 11) is 1.64. The topological polar surface area (TPSA) is 43.2 Å². The monoisotopic (exact) mass is 292 g/mol. The fourth-order valence-electron chi connectivity index (χ4n) is 2.57. The summed E-state index contributed by atoms with van der Waals surface area (Å²) in [5, 5.41) is 3.71. The summed E-state index contributed by atoms with van der Waals surface area (Å²) >= 11 is 0. The van der Waals surface area contributed by atoms with Gasteiger partial charge in [-0.25, -0.2) is 9.67 Å². The number of nitrogens with zero attached hydrogens (tertiary/aromatic N) is 4. The van der Waals surface area contributed by atoms with Gasteiger partial charge in [-0.1, -0.05) is 0 Å². The lowest BCUT2D eigenvalue weighted by molar-refractivity contribution is -0.143. The molecule has 0 saturated carbocycles. The Morgan fingerprint density at radius 2 is 2.25 bits per heavy atom. The van der Waals surface area contributed by atoms with Gasteiger partial charge in [-0.3, -0.25) is 0 Å². The smallest absolute Gasteiger partial charge is 0.383 e. The SMILES string of the molecule is COCCN1CCC[C@@H](c2ncnn2CC(F)(F)F)C1. The van der Waals surface area contributed by atoms with Crippen LogP contribution in [0.4, 0.5) is 13.2 Å². The quantitative estimate of drug-likeness (QED) is 0.828. The predicted octanol–water partition coefficient (Wildman–Crippen LogP) is 1.67. The van der Waals surface area contributed by atoms with E-state index in [1.807, 2.05) is 0 Å². The maximum atomic E-state index is 12.5. The number of aromatic nitrogens is 3. The number of likely N-dealkylation sites (tertiary alicyclic amines) is 1. The Morgan fingerprint density at radius 1 is 1.45 bits per heavy atom. The van der Waals surface area contributed by atoms with Gasteiger partial charge in [-0.05, 0) is 19.4 Å². The van der Waals surface area contributed by atoms with Crippen molar-refractivity contribution >= 4 is 0 Å². The number of piperidine rings is 1. The molecular weight excluding hydrogens is 273 g/mol. The molecule has 2 heterocycles. The highest BCUT2D eigenvalue weighted by Crippen LogP contribution is 2.27. The summed E-state index contributed by atoms with van der Waals surface area (Å²) in [4.78, 5) is 6.23. The third-order valence-electron chi connectivity index (χ3n) is 3.46. The molecule has 0 amide bonds. The van der Waals surface area contributed by atoms with Crippen molar-refractivity contribution in [1.29, 1.82) is 0 Å². The van der Waals surface area contributed by atoms with Gasteiger partial charge in [0.05, 0.1) is 6.61 Å². The summed E-state index contributed by atoms with van der Waals surface area (Å²) in [6.45, 7) is 2.01. The Hall–Kier alpha value is -1.15. The van der Waals surface area contributed by atoms with Gasteiger partial charge in [0.25, 0.3) is 0 Å². The zero-order valence-electron chi connectivity index (χ0n) is 11.4. The molecule has 5 nitrogen and oxygen atoms in total. The molecule has 8 heteroatoms. The van der Waals surface area contributed by atoms with E-state index >= 15 is 0 Å². The lowest BCUT2D eigenvalue weighted by Crippen LogP contribution is -2.37. The van der Waals surface area contributed by atoms with E-state index in [0.29, 0.717) is 19.0 Å². The summed E-state index contributed by atoms with van der Waals surface area (Å²) in [6.07, 6.45) is -1.27. The molecular formula is C12H19F3N4O. The number of halogens is 3. The third-order valence-corrected chi connectivity index (χ3v) is 3.46. The second-order valence-corrected chi connectivity index (χ2v) is 5.02. The van der Waals surface area contributed by atoms with Crippen molar-refractivity contribution in [2.75, 3.05) is 33.4 Å². The van der Waals surface area contributed by atoms with Crippen LogP contribution in [0.1, 0.15) is 24.6 Å². The van der Waals surface area contributed by atoms with E-state index in [-0.39, 0.29) is 5.92 Å². The van der Waals surface area contributed by atoms with Crippen LogP contribution in [0.25, 0.3) is 0 Å². The van der Waals surface area contributed by atoms with E-state index in [0.717, 1.165) is 30.6 Å². The maximum absolute atomic E-state index is 12.5. The Kier molecular flexibility index (Phi) is 4.98. The molecule has 0 aromatic carbocycles. The highest BCUT2D eigenvalue weighted by Gasteiger charge is 2.32. The molecule has 20 heavy (non-hydrogen) atoms. The van der Waals surface area contributed by atoms with E-state index in [1.165, 1.54) is 6.33 Å². The van der Waals surface area contributed by atoms with Crippen LogP contribution in [0.5, 0.6) is 0 Å². The summed E-state index contributed by atoms with van der Waals surface area (Å²) in [5.74, 6) is 0.440. The van der Waals surface area contributed by atoms with Crippen LogP contribution in [-0.2, 0) is 11.3 Å². The predicted molar refractivity (Wildman–Crippen MR) is 66.4 cm³/mol. The van der Waals surface area contributed by atoms with E-state index in [2.05, 4.69) is 15.0 Å². The number of hydrogen-bond donors (Lipinski definition) is 0. The Morgan fingerprint density at radius 3 is 2.95 bits per heavy atom. The molecule has 0 bridgehead atoms. The zero-order chi connectivity index (χ0) is 14.6. The van der Waals surface area contributed by atoms with Crippen molar-refractivity contribution in [1.82, 2.24) is 19.7 Å². The zero-order valence-corrected chi connectivity index (χ0v) is 11.4. The molecule has 114 valence electrons. The highest BCUT2D eigenvalue weighted by atomic mass is 19.4. The van der Waals surface area contributed by atoms with Gasteiger partial charge in [-0.15, -0.1) is 0 Å². The van der Waals surface area contributed by atoms with Gasteiger partial charge >= 0.3 is 6.18 Å². The molecule has 1 atom stereocenters. The Labute approximate surface area is 115 Å². The van der Waals surface area contributed by atoms with Gasteiger partial charge in [-0.2, -0.15) is 18.3 Å². The summed E-state index contributed by atoms with van der Waals surface area (Å²) < 4.78 is 43.5. The van der Waals surface area contributed by atoms with Crippen molar-refractivity contribution in [3.8, 4) is 0 Å². The first kappa shape index (κ1) is 15.2. The average Bonchev–Trinajstić information content (AvgIpc) is 2.82. The molecule has 1 fully saturated rings. The minimum absolute atomic E-state index is 0.00505. The van der Waals surface area contributed by atoms with Crippen molar-refractivity contribution in [3.05, 3.63) is 12.2 Å². The number of ether oxygens (including phenoxy) is 1. The minimum atomic E-state index is -4.27. The minimum Gasteiger partial charge on any atom is -0.383 e. The maximum Gasteiger partial charge on any atom is 0.408 e. The molecule has 1 saturated heterocycles. The number of hydrogen-bond acceptors (Lipinski definition) is 4. The van der Waals surface area contributed by atoms with Crippen LogP contribution >= 0.6 is 0 Å². The van der Waals surface area contributed by atoms with Crippen LogP contribution in [0.2, 0.25) is 0 Å². The van der Waals surface area contributed by atoms with Crippen molar-refractivity contribution in [2.45, 2.75) is 31.5 Å². The number of rotatable bonds is 5. The van der Waals surface area contributed by atoms with Crippen molar-refractivity contribution in [3.63, 3.8) is 0 Å². The molecule has 0 radical (unpaired) electrons. The molecule has 0 aliphatic carbocycles. The summed E-state index contributed by atoms with van der Waals surface area (Å²) in [5.41, 5.74) is 0. The van der Waals surface area contributed by atoms with Gasteiger partial charge in [0.2, 0.25) is 0 Å². The second kappa shape index (κ2) is 6.53. The second-order valence-electron chi connectivity index (χ2n) is 5.02. The molecule has 0 N–H and O–H groups in total. The van der Waals surface area contributed by atoms with Gasteiger partial charge in [0.15, 0.2) is 0 Å². The fraction of sp³-hybridized carbons (Fsp3) is 0.833. The van der Waals surface area contributed by atoms with Gasteiger partial charge in [0.1, 0.15) is 18.7 Å². The molecule has 1 aliphatic rings. The highest BCUT2D eigenvalue weighted by molar-refractivity contribution is 4.99. The first-order valence-corrected chi connectivity index (χ1v) is 6.65. The largest absolute Gasteiger partial charge is 0.408 e. The van der Waals surface area contributed by atoms with E-state index < -0.39 is 12.7 Å². The number of alkyl halides is 3. The van der Waals surface area contributed by atoms with Gasteiger partial charge in [0, 0.05) is 26.1 Å². The van der Waals surface area contributed by atoms with Crippen LogP contribution in [0.15, 0.2) is 6.33 Å². The molecule has 1 aromatic rings. The first-order valence-electron chi connectivity index (χ1n) is 6.65. The van der Waals surface area contributed by atoms with Crippen molar-refractivity contribution in [2.24, 2.45) is 0 Å². The van der Waals surface area contributed by atoms with Crippen LogP contribution in [-0.4, -0.2) is 59.2 Å². The molecule has 0 spiro atoms. The average molecular weight is 292 g/mol. The van der Waals surface area contributed by atoms with Crippen LogP contribution in [0, 0.1) is 0 Å².